The first-order chi connectivity index (χ1) is 13.4. The van der Waals surface area contributed by atoms with Crippen molar-refractivity contribution in [3.63, 3.8) is 0 Å². The van der Waals surface area contributed by atoms with Crippen LogP contribution in [0.2, 0.25) is 5.02 Å². The molecule has 0 aliphatic heterocycles. The Morgan fingerprint density at radius 1 is 1.11 bits per heavy atom. The van der Waals surface area contributed by atoms with Gasteiger partial charge in [-0.3, -0.25) is 9.10 Å². The zero-order chi connectivity index (χ0) is 20.1. The van der Waals surface area contributed by atoms with Gasteiger partial charge in [-0.25, -0.2) is 8.42 Å². The van der Waals surface area contributed by atoms with Crippen LogP contribution in [0, 0.1) is 6.92 Å². The lowest BCUT2D eigenvalue weighted by atomic mass is 10.2. The van der Waals surface area contributed by atoms with Gasteiger partial charge < -0.3 is 9.73 Å². The number of furan rings is 1. The van der Waals surface area contributed by atoms with Gasteiger partial charge in [0.1, 0.15) is 12.3 Å². The van der Waals surface area contributed by atoms with E-state index in [-0.39, 0.29) is 11.4 Å². The van der Waals surface area contributed by atoms with E-state index in [0.717, 1.165) is 9.87 Å². The maximum Gasteiger partial charge on any atom is 0.264 e. The summed E-state index contributed by atoms with van der Waals surface area (Å²) < 4.78 is 32.6. The van der Waals surface area contributed by atoms with Gasteiger partial charge in [0.25, 0.3) is 10.0 Å². The number of amides is 1. The predicted octanol–water partition coefficient (Wildman–Crippen LogP) is 3.75. The molecule has 6 nitrogen and oxygen atoms in total. The first-order valence-corrected chi connectivity index (χ1v) is 10.3. The number of aryl methyl sites for hydroxylation is 1. The van der Waals surface area contributed by atoms with Crippen molar-refractivity contribution in [2.75, 3.05) is 10.8 Å². The Morgan fingerprint density at radius 3 is 2.50 bits per heavy atom. The van der Waals surface area contributed by atoms with Crippen LogP contribution in [0.1, 0.15) is 11.3 Å². The molecule has 0 spiro atoms. The van der Waals surface area contributed by atoms with Crippen molar-refractivity contribution in [2.24, 2.45) is 0 Å². The van der Waals surface area contributed by atoms with E-state index in [0.29, 0.717) is 16.5 Å². The molecule has 28 heavy (non-hydrogen) atoms. The van der Waals surface area contributed by atoms with E-state index >= 15 is 0 Å². The lowest BCUT2D eigenvalue weighted by Crippen LogP contribution is -2.40. The number of hydrogen-bond acceptors (Lipinski definition) is 4. The number of nitrogens with zero attached hydrogens (tertiary/aromatic N) is 1. The number of sulfonamides is 1. The Bertz CT molecular complexity index is 1050. The van der Waals surface area contributed by atoms with E-state index in [9.17, 15) is 13.2 Å². The third-order valence-corrected chi connectivity index (χ3v) is 6.30. The Morgan fingerprint density at radius 2 is 1.86 bits per heavy atom. The van der Waals surface area contributed by atoms with E-state index in [1.54, 1.807) is 42.5 Å². The molecule has 0 atom stereocenters. The number of nitrogens with one attached hydrogen (secondary N) is 1. The topological polar surface area (TPSA) is 79.6 Å². The van der Waals surface area contributed by atoms with Crippen molar-refractivity contribution < 1.29 is 17.6 Å². The van der Waals surface area contributed by atoms with Crippen LogP contribution in [0.4, 0.5) is 5.69 Å². The second-order valence-electron chi connectivity index (χ2n) is 6.11. The van der Waals surface area contributed by atoms with Crippen molar-refractivity contribution in [1.29, 1.82) is 0 Å². The van der Waals surface area contributed by atoms with Crippen molar-refractivity contribution >= 4 is 33.2 Å². The molecule has 0 saturated carbocycles. The van der Waals surface area contributed by atoms with Crippen LogP contribution in [0.25, 0.3) is 0 Å². The molecule has 0 aliphatic carbocycles. The van der Waals surface area contributed by atoms with Crippen LogP contribution in [-0.2, 0) is 21.4 Å². The summed E-state index contributed by atoms with van der Waals surface area (Å²) in [7, 11) is -3.96. The standard InChI is InChI=1S/C20H19ClN2O4S/c1-15-9-10-16(12-19(15)21)23(28(25,26)18-7-3-2-4-8-18)14-20(24)22-13-17-6-5-11-27-17/h2-12H,13-14H2,1H3,(H,22,24). The van der Waals surface area contributed by atoms with Crippen molar-refractivity contribution in [2.45, 2.75) is 18.4 Å². The fourth-order valence-electron chi connectivity index (χ4n) is 2.56. The fraction of sp³-hybridized carbons (Fsp3) is 0.150. The summed E-state index contributed by atoms with van der Waals surface area (Å²) in [4.78, 5) is 12.5. The number of carbonyl (C=O) groups excluding carboxylic acids is 1. The monoisotopic (exact) mass is 418 g/mol. The fourth-order valence-corrected chi connectivity index (χ4v) is 4.17. The van der Waals surface area contributed by atoms with E-state index < -0.39 is 22.5 Å². The second-order valence-corrected chi connectivity index (χ2v) is 8.38. The molecule has 1 heterocycles. The Hall–Kier alpha value is -2.77. The highest BCUT2D eigenvalue weighted by molar-refractivity contribution is 7.92. The van der Waals surface area contributed by atoms with Crippen LogP contribution in [0.5, 0.6) is 0 Å². The molecule has 146 valence electrons. The molecule has 3 aromatic rings. The summed E-state index contributed by atoms with van der Waals surface area (Å²) in [6.07, 6.45) is 1.50. The molecule has 3 rings (SSSR count). The predicted molar refractivity (Wildman–Crippen MR) is 108 cm³/mol. The van der Waals surface area contributed by atoms with Gasteiger partial charge >= 0.3 is 0 Å². The van der Waals surface area contributed by atoms with Gasteiger partial charge in [-0.15, -0.1) is 0 Å². The van der Waals surface area contributed by atoms with Gasteiger partial charge in [0.05, 0.1) is 23.4 Å². The Labute approximate surface area is 168 Å². The van der Waals surface area contributed by atoms with E-state index in [1.165, 1.54) is 24.5 Å². The molecule has 0 aliphatic rings. The molecule has 1 N–H and O–H groups in total. The van der Waals surface area contributed by atoms with Gasteiger partial charge in [-0.2, -0.15) is 0 Å². The molecular formula is C20H19ClN2O4S. The van der Waals surface area contributed by atoms with Crippen molar-refractivity contribution in [3.05, 3.63) is 83.3 Å². The van der Waals surface area contributed by atoms with Gasteiger partial charge in [0.2, 0.25) is 5.91 Å². The molecule has 0 saturated heterocycles. The highest BCUT2D eigenvalue weighted by atomic mass is 35.5. The third kappa shape index (κ3) is 4.55. The minimum Gasteiger partial charge on any atom is -0.467 e. The van der Waals surface area contributed by atoms with E-state index in [2.05, 4.69) is 5.32 Å². The number of halogens is 1. The molecule has 1 amide bonds. The number of rotatable bonds is 7. The third-order valence-electron chi connectivity index (χ3n) is 4.10. The van der Waals surface area contributed by atoms with Gasteiger partial charge in [0, 0.05) is 5.02 Å². The van der Waals surface area contributed by atoms with Crippen LogP contribution < -0.4 is 9.62 Å². The summed E-state index contributed by atoms with van der Waals surface area (Å²) >= 11 is 6.18. The van der Waals surface area contributed by atoms with Gasteiger partial charge in [0.15, 0.2) is 0 Å². The lowest BCUT2D eigenvalue weighted by Gasteiger charge is -2.24. The zero-order valence-corrected chi connectivity index (χ0v) is 16.7. The molecule has 2 aromatic carbocycles. The van der Waals surface area contributed by atoms with E-state index in [1.807, 2.05) is 6.92 Å². The van der Waals surface area contributed by atoms with Gasteiger partial charge in [-0.05, 0) is 48.9 Å². The molecule has 0 unspecified atom stereocenters. The number of carbonyl (C=O) groups is 1. The lowest BCUT2D eigenvalue weighted by molar-refractivity contribution is -0.119. The van der Waals surface area contributed by atoms with E-state index in [4.69, 9.17) is 16.0 Å². The van der Waals surface area contributed by atoms with Crippen LogP contribution in [0.15, 0.2) is 76.2 Å². The summed E-state index contributed by atoms with van der Waals surface area (Å²) in [6, 6.07) is 16.3. The molecule has 1 aromatic heterocycles. The van der Waals surface area contributed by atoms with Crippen molar-refractivity contribution in [3.8, 4) is 0 Å². The summed E-state index contributed by atoms with van der Waals surface area (Å²) in [5.41, 5.74) is 1.12. The smallest absolute Gasteiger partial charge is 0.264 e. The Kier molecular flexibility index (Phi) is 6.06. The first kappa shape index (κ1) is 20.0. The second kappa shape index (κ2) is 8.50. The SMILES string of the molecule is Cc1ccc(N(CC(=O)NCc2ccco2)S(=O)(=O)c2ccccc2)cc1Cl. The highest BCUT2D eigenvalue weighted by Crippen LogP contribution is 2.27. The number of hydrogen-bond donors (Lipinski definition) is 1. The van der Waals surface area contributed by atoms with Crippen LogP contribution in [0.3, 0.4) is 0 Å². The van der Waals surface area contributed by atoms with Crippen LogP contribution in [-0.4, -0.2) is 20.9 Å². The highest BCUT2D eigenvalue weighted by Gasteiger charge is 2.27. The summed E-state index contributed by atoms with van der Waals surface area (Å²) in [5, 5.41) is 3.08. The molecule has 8 heteroatoms. The molecular weight excluding hydrogens is 400 g/mol. The molecule has 0 radical (unpaired) electrons. The average molecular weight is 419 g/mol. The minimum atomic E-state index is -3.96. The van der Waals surface area contributed by atoms with Gasteiger partial charge in [-0.1, -0.05) is 35.9 Å². The maximum absolute atomic E-state index is 13.2. The summed E-state index contributed by atoms with van der Waals surface area (Å²) in [6.45, 7) is 1.59. The number of benzene rings is 2. The largest absolute Gasteiger partial charge is 0.467 e. The Balaban J connectivity index is 1.90. The number of anilines is 1. The van der Waals surface area contributed by atoms with Crippen molar-refractivity contribution in [1.82, 2.24) is 5.32 Å². The average Bonchev–Trinajstić information content (AvgIpc) is 3.21. The zero-order valence-electron chi connectivity index (χ0n) is 15.1. The minimum absolute atomic E-state index is 0.0885. The maximum atomic E-state index is 13.2. The normalized spacial score (nSPS) is 11.2. The molecule has 0 bridgehead atoms. The summed E-state index contributed by atoms with van der Waals surface area (Å²) in [5.74, 6) is 0.108. The van der Waals surface area contributed by atoms with Crippen LogP contribution >= 0.6 is 11.6 Å². The first-order valence-electron chi connectivity index (χ1n) is 8.51. The molecule has 0 fully saturated rings. The quantitative estimate of drug-likeness (QED) is 0.633.